The standard InChI is InChI=1S/C23H32N4O3/c1-17(2)27-22-9-14-30-16-20(22)21(24-27)7-8-23(28)26-12-10-25(11-13-26)18-5-4-6-19(15-18)29-3/h4-6,15,17H,7-14,16H2,1-3H3. The lowest BCUT2D eigenvalue weighted by Crippen LogP contribution is -2.48. The van der Waals surface area contributed by atoms with Crippen molar-refractivity contribution in [2.45, 2.75) is 45.8 Å². The van der Waals surface area contributed by atoms with Crippen LogP contribution in [0.2, 0.25) is 0 Å². The average Bonchev–Trinajstić information content (AvgIpc) is 3.17. The van der Waals surface area contributed by atoms with E-state index in [-0.39, 0.29) is 5.91 Å². The maximum atomic E-state index is 12.8. The summed E-state index contributed by atoms with van der Waals surface area (Å²) in [6.45, 7) is 8.84. The molecule has 0 atom stereocenters. The van der Waals surface area contributed by atoms with Gasteiger partial charge >= 0.3 is 0 Å². The minimum Gasteiger partial charge on any atom is -0.497 e. The molecule has 0 aliphatic carbocycles. The Labute approximate surface area is 178 Å². The van der Waals surface area contributed by atoms with Crippen LogP contribution in [-0.2, 0) is 29.0 Å². The zero-order chi connectivity index (χ0) is 21.1. The van der Waals surface area contributed by atoms with Crippen molar-refractivity contribution in [1.82, 2.24) is 14.7 Å². The fourth-order valence-electron chi connectivity index (χ4n) is 4.36. The van der Waals surface area contributed by atoms with Gasteiger partial charge in [0.1, 0.15) is 5.75 Å². The molecular weight excluding hydrogens is 380 g/mol. The van der Waals surface area contributed by atoms with Crippen LogP contribution < -0.4 is 9.64 Å². The number of aryl methyl sites for hydroxylation is 1. The average molecular weight is 413 g/mol. The SMILES string of the molecule is COc1cccc(N2CCN(C(=O)CCc3nn(C(C)C)c4c3COCC4)CC2)c1. The molecule has 7 nitrogen and oxygen atoms in total. The Kier molecular flexibility index (Phi) is 6.27. The molecule has 2 aliphatic heterocycles. The van der Waals surface area contributed by atoms with Gasteiger partial charge in [0.15, 0.2) is 0 Å². The number of carbonyl (C=O) groups excluding carboxylic acids is 1. The summed E-state index contributed by atoms with van der Waals surface area (Å²) in [5.74, 6) is 1.07. The molecule has 0 bridgehead atoms. The van der Waals surface area contributed by atoms with Crippen LogP contribution in [0.5, 0.6) is 5.75 Å². The second-order valence-electron chi connectivity index (χ2n) is 8.28. The maximum Gasteiger partial charge on any atom is 0.223 e. The van der Waals surface area contributed by atoms with E-state index in [2.05, 4.69) is 29.5 Å². The molecular formula is C23H32N4O3. The Morgan fingerprint density at radius 1 is 1.23 bits per heavy atom. The monoisotopic (exact) mass is 412 g/mol. The first-order valence-corrected chi connectivity index (χ1v) is 10.9. The van der Waals surface area contributed by atoms with Crippen LogP contribution in [0, 0.1) is 0 Å². The first-order chi connectivity index (χ1) is 14.6. The number of anilines is 1. The molecule has 1 fully saturated rings. The molecule has 1 amide bonds. The molecule has 1 saturated heterocycles. The lowest BCUT2D eigenvalue weighted by Gasteiger charge is -2.36. The van der Waals surface area contributed by atoms with E-state index in [4.69, 9.17) is 14.6 Å². The van der Waals surface area contributed by atoms with Crippen molar-refractivity contribution in [1.29, 1.82) is 0 Å². The van der Waals surface area contributed by atoms with Gasteiger partial charge in [-0.3, -0.25) is 9.48 Å². The molecule has 0 radical (unpaired) electrons. The molecule has 30 heavy (non-hydrogen) atoms. The summed E-state index contributed by atoms with van der Waals surface area (Å²) in [4.78, 5) is 17.1. The summed E-state index contributed by atoms with van der Waals surface area (Å²) >= 11 is 0. The number of ether oxygens (including phenoxy) is 2. The quantitative estimate of drug-likeness (QED) is 0.730. The smallest absolute Gasteiger partial charge is 0.223 e. The van der Waals surface area contributed by atoms with Gasteiger partial charge in [0.05, 0.1) is 26.0 Å². The molecule has 162 valence electrons. The lowest BCUT2D eigenvalue weighted by atomic mass is 10.1. The third kappa shape index (κ3) is 4.31. The number of fused-ring (bicyclic) bond motifs is 1. The van der Waals surface area contributed by atoms with Gasteiger partial charge in [-0.15, -0.1) is 0 Å². The van der Waals surface area contributed by atoms with Crippen LogP contribution in [0.4, 0.5) is 5.69 Å². The summed E-state index contributed by atoms with van der Waals surface area (Å²) in [5.41, 5.74) is 4.66. The predicted octanol–water partition coefficient (Wildman–Crippen LogP) is 2.83. The van der Waals surface area contributed by atoms with Crippen molar-refractivity contribution in [2.75, 3.05) is 44.8 Å². The number of carbonyl (C=O) groups is 1. The molecule has 2 aliphatic rings. The van der Waals surface area contributed by atoms with Crippen LogP contribution in [0.3, 0.4) is 0 Å². The van der Waals surface area contributed by atoms with E-state index in [0.29, 0.717) is 25.5 Å². The number of methoxy groups -OCH3 is 1. The molecule has 4 rings (SSSR count). The van der Waals surface area contributed by atoms with Crippen molar-refractivity contribution in [3.63, 3.8) is 0 Å². The lowest BCUT2D eigenvalue weighted by molar-refractivity contribution is -0.131. The van der Waals surface area contributed by atoms with E-state index in [1.54, 1.807) is 7.11 Å². The number of rotatable bonds is 6. The Bertz CT molecular complexity index is 885. The summed E-state index contributed by atoms with van der Waals surface area (Å²) < 4.78 is 13.1. The van der Waals surface area contributed by atoms with E-state index < -0.39 is 0 Å². The molecule has 2 aromatic rings. The van der Waals surface area contributed by atoms with Crippen molar-refractivity contribution < 1.29 is 14.3 Å². The first kappa shape index (κ1) is 20.7. The van der Waals surface area contributed by atoms with Gasteiger partial charge in [0, 0.05) is 74.5 Å². The highest BCUT2D eigenvalue weighted by Crippen LogP contribution is 2.25. The first-order valence-electron chi connectivity index (χ1n) is 10.9. The molecule has 7 heteroatoms. The number of nitrogens with zero attached hydrogens (tertiary/aromatic N) is 4. The Hall–Kier alpha value is -2.54. The molecule has 0 unspecified atom stereocenters. The Morgan fingerprint density at radius 2 is 2.03 bits per heavy atom. The second kappa shape index (κ2) is 9.08. The molecule has 0 saturated carbocycles. The number of hydrogen-bond donors (Lipinski definition) is 0. The minimum absolute atomic E-state index is 0.213. The summed E-state index contributed by atoms with van der Waals surface area (Å²) in [6.07, 6.45) is 2.09. The molecule has 1 aromatic heterocycles. The zero-order valence-corrected chi connectivity index (χ0v) is 18.3. The Balaban J connectivity index is 1.33. The van der Waals surface area contributed by atoms with Crippen LogP contribution in [0.25, 0.3) is 0 Å². The Morgan fingerprint density at radius 3 is 2.77 bits per heavy atom. The van der Waals surface area contributed by atoms with Crippen molar-refractivity contribution >= 4 is 11.6 Å². The third-order valence-electron chi connectivity index (χ3n) is 6.05. The second-order valence-corrected chi connectivity index (χ2v) is 8.28. The van der Waals surface area contributed by atoms with Crippen LogP contribution in [0.1, 0.15) is 43.3 Å². The van der Waals surface area contributed by atoms with Crippen molar-refractivity contribution in [2.24, 2.45) is 0 Å². The highest BCUT2D eigenvalue weighted by Gasteiger charge is 2.25. The third-order valence-corrected chi connectivity index (χ3v) is 6.05. The van der Waals surface area contributed by atoms with Gasteiger partial charge in [-0.1, -0.05) is 6.07 Å². The van der Waals surface area contributed by atoms with E-state index in [1.807, 2.05) is 23.1 Å². The summed E-state index contributed by atoms with van der Waals surface area (Å²) in [5, 5.41) is 4.82. The van der Waals surface area contributed by atoms with Gasteiger partial charge < -0.3 is 19.3 Å². The number of aromatic nitrogens is 2. The van der Waals surface area contributed by atoms with Crippen molar-refractivity contribution in [3.8, 4) is 5.75 Å². The number of amides is 1. The van der Waals surface area contributed by atoms with Crippen LogP contribution in [0.15, 0.2) is 24.3 Å². The minimum atomic E-state index is 0.213. The maximum absolute atomic E-state index is 12.8. The van der Waals surface area contributed by atoms with Crippen LogP contribution in [-0.4, -0.2) is 60.5 Å². The van der Waals surface area contributed by atoms with Gasteiger partial charge in [-0.2, -0.15) is 5.10 Å². The predicted molar refractivity (Wildman–Crippen MR) is 116 cm³/mol. The van der Waals surface area contributed by atoms with Gasteiger partial charge in [-0.25, -0.2) is 0 Å². The van der Waals surface area contributed by atoms with E-state index in [1.165, 1.54) is 11.3 Å². The van der Waals surface area contributed by atoms with Gasteiger partial charge in [-0.05, 0) is 26.0 Å². The molecule has 3 heterocycles. The fraction of sp³-hybridized carbons (Fsp3) is 0.565. The van der Waals surface area contributed by atoms with Gasteiger partial charge in [0.2, 0.25) is 5.91 Å². The number of benzene rings is 1. The van der Waals surface area contributed by atoms with Gasteiger partial charge in [0.25, 0.3) is 0 Å². The van der Waals surface area contributed by atoms with E-state index in [0.717, 1.165) is 56.3 Å². The van der Waals surface area contributed by atoms with E-state index in [9.17, 15) is 4.79 Å². The largest absolute Gasteiger partial charge is 0.497 e. The fourth-order valence-corrected chi connectivity index (χ4v) is 4.36. The zero-order valence-electron chi connectivity index (χ0n) is 18.3. The molecule has 1 aromatic carbocycles. The molecule has 0 N–H and O–H groups in total. The van der Waals surface area contributed by atoms with Crippen LogP contribution >= 0.6 is 0 Å². The van der Waals surface area contributed by atoms with Crippen molar-refractivity contribution in [3.05, 3.63) is 41.2 Å². The number of piperazine rings is 1. The number of hydrogen-bond acceptors (Lipinski definition) is 5. The topological polar surface area (TPSA) is 59.8 Å². The highest BCUT2D eigenvalue weighted by atomic mass is 16.5. The van der Waals surface area contributed by atoms with E-state index >= 15 is 0 Å². The normalized spacial score (nSPS) is 16.7. The summed E-state index contributed by atoms with van der Waals surface area (Å²) in [7, 11) is 1.68. The molecule has 0 spiro atoms. The summed E-state index contributed by atoms with van der Waals surface area (Å²) in [6, 6.07) is 8.43. The highest BCUT2D eigenvalue weighted by molar-refractivity contribution is 5.76.